The fourth-order valence-corrected chi connectivity index (χ4v) is 3.64. The van der Waals surface area contributed by atoms with E-state index in [0.717, 1.165) is 25.7 Å². The van der Waals surface area contributed by atoms with Crippen LogP contribution in [0.25, 0.3) is 0 Å². The van der Waals surface area contributed by atoms with Crippen molar-refractivity contribution in [2.24, 2.45) is 11.3 Å². The van der Waals surface area contributed by atoms with Gasteiger partial charge in [0.2, 0.25) is 0 Å². The summed E-state index contributed by atoms with van der Waals surface area (Å²) in [6, 6.07) is 8.53. The minimum absolute atomic E-state index is 0.00723. The molecule has 0 saturated heterocycles. The van der Waals surface area contributed by atoms with Crippen LogP contribution in [-0.2, 0) is 17.6 Å². The van der Waals surface area contributed by atoms with Gasteiger partial charge in [-0.1, -0.05) is 44.0 Å². The Kier molecular flexibility index (Phi) is 2.57. The average Bonchev–Trinajstić information content (AvgIpc) is 2.94. The zero-order valence-corrected chi connectivity index (χ0v) is 10.5. The Balaban J connectivity index is 1.78. The van der Waals surface area contributed by atoms with E-state index < -0.39 is 0 Å². The highest BCUT2D eigenvalue weighted by Crippen LogP contribution is 2.42. The molecule has 3 rings (SSSR count). The minimum atomic E-state index is -0.00723. The van der Waals surface area contributed by atoms with Crippen LogP contribution in [0.4, 0.5) is 0 Å². The smallest absolute Gasteiger partial charge is 0.142 e. The Hall–Kier alpha value is -1.11. The summed E-state index contributed by atoms with van der Waals surface area (Å²) in [5.41, 5.74) is 2.78. The van der Waals surface area contributed by atoms with Crippen molar-refractivity contribution in [3.63, 3.8) is 0 Å². The normalized spacial score (nSPS) is 22.6. The first-order chi connectivity index (χ1) is 8.19. The van der Waals surface area contributed by atoms with Crippen molar-refractivity contribution >= 4 is 5.78 Å². The Morgan fingerprint density at radius 1 is 1.12 bits per heavy atom. The van der Waals surface area contributed by atoms with Gasteiger partial charge in [0, 0.05) is 11.3 Å². The molecule has 0 atom stereocenters. The number of hydrogen-bond acceptors (Lipinski definition) is 1. The molecule has 1 saturated carbocycles. The summed E-state index contributed by atoms with van der Waals surface area (Å²) in [6.45, 7) is 2.19. The Morgan fingerprint density at radius 2 is 1.65 bits per heavy atom. The molecule has 0 aliphatic heterocycles. The summed E-state index contributed by atoms with van der Waals surface area (Å²) in [5.74, 6) is 0.793. The van der Waals surface area contributed by atoms with Gasteiger partial charge in [-0.25, -0.2) is 0 Å². The van der Waals surface area contributed by atoms with Crippen LogP contribution in [0.3, 0.4) is 0 Å². The number of rotatable bonds is 2. The van der Waals surface area contributed by atoms with Crippen molar-refractivity contribution in [2.45, 2.75) is 45.4 Å². The van der Waals surface area contributed by atoms with Crippen LogP contribution in [0, 0.1) is 11.3 Å². The summed E-state index contributed by atoms with van der Waals surface area (Å²) in [4.78, 5) is 12.6. The quantitative estimate of drug-likeness (QED) is 0.756. The average molecular weight is 228 g/mol. The number of hydrogen-bond donors (Lipinski definition) is 0. The van der Waals surface area contributed by atoms with Crippen molar-refractivity contribution in [1.29, 1.82) is 0 Å². The Labute approximate surface area is 103 Å². The molecule has 2 aliphatic carbocycles. The third-order valence-corrected chi connectivity index (χ3v) is 4.72. The SMILES string of the molecule is CC1(C(=O)C2Cc3ccccc3C2)CCCC1. The van der Waals surface area contributed by atoms with Gasteiger partial charge in [-0.3, -0.25) is 4.79 Å². The summed E-state index contributed by atoms with van der Waals surface area (Å²) in [5, 5.41) is 0. The van der Waals surface area contributed by atoms with Gasteiger partial charge in [-0.2, -0.15) is 0 Å². The lowest BCUT2D eigenvalue weighted by atomic mass is 9.77. The maximum absolute atomic E-state index is 12.6. The topological polar surface area (TPSA) is 17.1 Å². The van der Waals surface area contributed by atoms with Crippen molar-refractivity contribution in [3.8, 4) is 0 Å². The van der Waals surface area contributed by atoms with E-state index in [-0.39, 0.29) is 11.3 Å². The fraction of sp³-hybridized carbons (Fsp3) is 0.562. The predicted octanol–water partition coefficient (Wildman–Crippen LogP) is 3.55. The fourth-order valence-electron chi connectivity index (χ4n) is 3.64. The summed E-state index contributed by atoms with van der Waals surface area (Å²) in [6.07, 6.45) is 6.65. The number of ketones is 1. The van der Waals surface area contributed by atoms with Crippen LogP contribution in [0.2, 0.25) is 0 Å². The first-order valence-electron chi connectivity index (χ1n) is 6.80. The van der Waals surface area contributed by atoms with E-state index in [4.69, 9.17) is 0 Å². The molecule has 1 nitrogen and oxygen atoms in total. The van der Waals surface area contributed by atoms with Gasteiger partial charge >= 0.3 is 0 Å². The molecule has 1 aromatic carbocycles. The molecule has 2 aliphatic rings. The maximum Gasteiger partial charge on any atom is 0.142 e. The molecule has 0 radical (unpaired) electrons. The van der Waals surface area contributed by atoms with Crippen LogP contribution in [-0.4, -0.2) is 5.78 Å². The molecule has 1 heteroatoms. The van der Waals surface area contributed by atoms with Gasteiger partial charge in [0.25, 0.3) is 0 Å². The molecule has 1 fully saturated rings. The lowest BCUT2D eigenvalue weighted by molar-refractivity contribution is -0.131. The first kappa shape index (κ1) is 11.0. The van der Waals surface area contributed by atoms with Gasteiger partial charge in [-0.15, -0.1) is 0 Å². The van der Waals surface area contributed by atoms with Crippen molar-refractivity contribution < 1.29 is 4.79 Å². The first-order valence-corrected chi connectivity index (χ1v) is 6.80. The van der Waals surface area contributed by atoms with E-state index in [1.54, 1.807) is 0 Å². The molecule has 0 spiro atoms. The number of carbonyl (C=O) groups is 1. The second kappa shape index (κ2) is 3.97. The van der Waals surface area contributed by atoms with E-state index in [2.05, 4.69) is 31.2 Å². The molecular weight excluding hydrogens is 208 g/mol. The van der Waals surface area contributed by atoms with Crippen LogP contribution in [0.15, 0.2) is 24.3 Å². The Bertz CT molecular complexity index is 416. The maximum atomic E-state index is 12.6. The van der Waals surface area contributed by atoms with Gasteiger partial charge in [0.15, 0.2) is 0 Å². The van der Waals surface area contributed by atoms with E-state index in [9.17, 15) is 4.79 Å². The number of Topliss-reactive ketones (excluding diaryl/α,β-unsaturated/α-hetero) is 1. The van der Waals surface area contributed by atoms with Crippen molar-refractivity contribution in [3.05, 3.63) is 35.4 Å². The van der Waals surface area contributed by atoms with Crippen LogP contribution in [0.1, 0.15) is 43.7 Å². The van der Waals surface area contributed by atoms with Gasteiger partial charge in [-0.05, 0) is 36.8 Å². The van der Waals surface area contributed by atoms with Gasteiger partial charge in [0.1, 0.15) is 5.78 Å². The van der Waals surface area contributed by atoms with Crippen LogP contribution in [0.5, 0.6) is 0 Å². The predicted molar refractivity (Wildman–Crippen MR) is 68.9 cm³/mol. The summed E-state index contributed by atoms with van der Waals surface area (Å²) in [7, 11) is 0. The lowest BCUT2D eigenvalue weighted by Crippen LogP contribution is -2.31. The highest BCUT2D eigenvalue weighted by atomic mass is 16.1. The third kappa shape index (κ3) is 1.82. The largest absolute Gasteiger partial charge is 0.299 e. The van der Waals surface area contributed by atoms with E-state index >= 15 is 0 Å². The third-order valence-electron chi connectivity index (χ3n) is 4.72. The molecular formula is C16H20O. The Morgan fingerprint density at radius 3 is 2.18 bits per heavy atom. The lowest BCUT2D eigenvalue weighted by Gasteiger charge is -2.25. The second-order valence-corrected chi connectivity index (χ2v) is 6.01. The monoisotopic (exact) mass is 228 g/mol. The molecule has 0 amide bonds. The standard InChI is InChI=1S/C16H20O/c1-16(8-4-5-9-16)15(17)14-10-12-6-2-3-7-13(12)11-14/h2-3,6-7,14H,4-5,8-11H2,1H3. The number of carbonyl (C=O) groups excluding carboxylic acids is 1. The molecule has 17 heavy (non-hydrogen) atoms. The molecule has 0 N–H and O–H groups in total. The van der Waals surface area contributed by atoms with E-state index in [1.165, 1.54) is 24.0 Å². The zero-order valence-electron chi connectivity index (χ0n) is 10.5. The van der Waals surface area contributed by atoms with E-state index in [0.29, 0.717) is 5.78 Å². The molecule has 1 aromatic rings. The molecule has 0 heterocycles. The van der Waals surface area contributed by atoms with E-state index in [1.807, 2.05) is 0 Å². The molecule has 0 unspecified atom stereocenters. The van der Waals surface area contributed by atoms with Crippen molar-refractivity contribution in [2.75, 3.05) is 0 Å². The highest BCUT2D eigenvalue weighted by Gasteiger charge is 2.41. The molecule has 0 aromatic heterocycles. The molecule has 90 valence electrons. The number of fused-ring (bicyclic) bond motifs is 1. The highest BCUT2D eigenvalue weighted by molar-refractivity contribution is 5.88. The zero-order chi connectivity index (χ0) is 11.9. The minimum Gasteiger partial charge on any atom is -0.299 e. The second-order valence-electron chi connectivity index (χ2n) is 6.01. The van der Waals surface area contributed by atoms with Crippen molar-refractivity contribution in [1.82, 2.24) is 0 Å². The van der Waals surface area contributed by atoms with Crippen LogP contribution >= 0.6 is 0 Å². The summed E-state index contributed by atoms with van der Waals surface area (Å²) >= 11 is 0. The van der Waals surface area contributed by atoms with Gasteiger partial charge in [0.05, 0.1) is 0 Å². The molecule has 0 bridgehead atoms. The van der Waals surface area contributed by atoms with Crippen LogP contribution < -0.4 is 0 Å². The number of benzene rings is 1. The summed E-state index contributed by atoms with van der Waals surface area (Å²) < 4.78 is 0. The van der Waals surface area contributed by atoms with Gasteiger partial charge < -0.3 is 0 Å².